The Morgan fingerprint density at radius 1 is 1.09 bits per heavy atom. The van der Waals surface area contributed by atoms with Gasteiger partial charge in [-0.15, -0.1) is 10.2 Å². The van der Waals surface area contributed by atoms with Gasteiger partial charge in [-0.05, 0) is 54.6 Å². The number of ether oxygens (including phenoxy) is 1. The van der Waals surface area contributed by atoms with Crippen LogP contribution in [0.5, 0.6) is 5.75 Å². The van der Waals surface area contributed by atoms with Crippen molar-refractivity contribution in [3.8, 4) is 23.2 Å². The fourth-order valence-electron chi connectivity index (χ4n) is 3.58. The van der Waals surface area contributed by atoms with E-state index in [1.807, 2.05) is 52.9 Å². The zero-order valence-electron chi connectivity index (χ0n) is 18.1. The van der Waals surface area contributed by atoms with E-state index in [-0.39, 0.29) is 11.7 Å². The van der Waals surface area contributed by atoms with Gasteiger partial charge in [0.25, 0.3) is 0 Å². The summed E-state index contributed by atoms with van der Waals surface area (Å²) in [6.45, 7) is 0. The Hall–Kier alpha value is -4.42. The molecule has 2 aromatic heterocycles. The normalized spacial score (nSPS) is 10.8. The molecule has 0 atom stereocenters. The fraction of sp³-hybridized carbons (Fsp3) is 0.0800. The summed E-state index contributed by atoms with van der Waals surface area (Å²) < 4.78 is 7.15. The number of para-hydroxylation sites is 1. The van der Waals surface area contributed by atoms with Crippen LogP contribution in [0, 0.1) is 11.3 Å². The maximum Gasteiger partial charge on any atom is 0.234 e. The van der Waals surface area contributed by atoms with Crippen LogP contribution < -0.4 is 10.1 Å². The molecular weight excluding hydrogens is 448 g/mol. The molecule has 166 valence electrons. The van der Waals surface area contributed by atoms with E-state index in [9.17, 15) is 4.79 Å². The molecule has 0 aliphatic rings. The fourth-order valence-corrected chi connectivity index (χ4v) is 4.31. The molecule has 0 spiro atoms. The van der Waals surface area contributed by atoms with E-state index in [1.54, 1.807) is 31.4 Å². The number of hydrogen-bond donors (Lipinski definition) is 1. The molecule has 0 unspecified atom stereocenters. The topological polar surface area (TPSA) is 105 Å². The number of carbonyl (C=O) groups is 1. The smallest absolute Gasteiger partial charge is 0.234 e. The Balaban J connectivity index is 1.49. The predicted molar refractivity (Wildman–Crippen MR) is 131 cm³/mol. The maximum atomic E-state index is 12.6. The number of aromatic nitrogens is 4. The van der Waals surface area contributed by atoms with Crippen molar-refractivity contribution in [2.45, 2.75) is 5.16 Å². The lowest BCUT2D eigenvalue weighted by Crippen LogP contribution is -2.14. The first-order valence-corrected chi connectivity index (χ1v) is 11.4. The molecule has 8 nitrogen and oxygen atoms in total. The zero-order valence-corrected chi connectivity index (χ0v) is 18.9. The molecule has 0 fully saturated rings. The largest absolute Gasteiger partial charge is 0.497 e. The molecule has 5 aromatic rings. The van der Waals surface area contributed by atoms with Crippen molar-refractivity contribution < 1.29 is 9.53 Å². The van der Waals surface area contributed by atoms with E-state index in [2.05, 4.69) is 21.6 Å². The summed E-state index contributed by atoms with van der Waals surface area (Å²) in [5.41, 5.74) is 3.40. The van der Waals surface area contributed by atoms with E-state index in [4.69, 9.17) is 15.0 Å². The standard InChI is InChI=1S/C25H18N6O2S/c1-33-19-11-9-17(10-12-19)23-28-21-8-3-2-7-20(21)24-29-30-25(31(23)24)34-15-22(32)27-18-6-4-5-16(13-18)14-26/h2-13H,15H2,1H3,(H,27,32). The highest BCUT2D eigenvalue weighted by Crippen LogP contribution is 2.30. The second-order valence-corrected chi connectivity index (χ2v) is 8.29. The summed E-state index contributed by atoms with van der Waals surface area (Å²) in [6, 6.07) is 24.2. The van der Waals surface area contributed by atoms with Crippen LogP contribution in [0.2, 0.25) is 0 Å². The molecule has 3 aromatic carbocycles. The number of nitrogens with one attached hydrogen (secondary N) is 1. The number of rotatable bonds is 6. The van der Waals surface area contributed by atoms with Gasteiger partial charge in [0, 0.05) is 16.6 Å². The van der Waals surface area contributed by atoms with Crippen molar-refractivity contribution in [2.24, 2.45) is 0 Å². The molecule has 2 heterocycles. The quantitative estimate of drug-likeness (QED) is 0.366. The molecule has 1 N–H and O–H groups in total. The van der Waals surface area contributed by atoms with Crippen LogP contribution in [0.15, 0.2) is 78.0 Å². The summed E-state index contributed by atoms with van der Waals surface area (Å²) in [6.07, 6.45) is 0. The van der Waals surface area contributed by atoms with E-state index < -0.39 is 0 Å². The molecule has 0 aliphatic carbocycles. The number of benzene rings is 3. The summed E-state index contributed by atoms with van der Waals surface area (Å²) in [4.78, 5) is 17.5. The lowest BCUT2D eigenvalue weighted by Gasteiger charge is -2.10. The van der Waals surface area contributed by atoms with Crippen LogP contribution in [0.25, 0.3) is 27.9 Å². The van der Waals surface area contributed by atoms with Gasteiger partial charge in [0.15, 0.2) is 10.8 Å². The Kier molecular flexibility index (Phi) is 5.81. The summed E-state index contributed by atoms with van der Waals surface area (Å²) >= 11 is 1.27. The second kappa shape index (κ2) is 9.21. The van der Waals surface area contributed by atoms with Gasteiger partial charge in [-0.3, -0.25) is 9.20 Å². The van der Waals surface area contributed by atoms with E-state index in [0.717, 1.165) is 22.2 Å². The molecule has 34 heavy (non-hydrogen) atoms. The number of thioether (sulfide) groups is 1. The van der Waals surface area contributed by atoms with Crippen LogP contribution in [-0.2, 0) is 4.79 Å². The Bertz CT molecular complexity index is 1560. The minimum Gasteiger partial charge on any atom is -0.497 e. The minimum absolute atomic E-state index is 0.118. The van der Waals surface area contributed by atoms with Crippen LogP contribution in [0.3, 0.4) is 0 Å². The van der Waals surface area contributed by atoms with Crippen molar-refractivity contribution in [3.63, 3.8) is 0 Å². The number of hydrogen-bond acceptors (Lipinski definition) is 7. The molecule has 0 saturated carbocycles. The first-order valence-electron chi connectivity index (χ1n) is 10.4. The van der Waals surface area contributed by atoms with Gasteiger partial charge >= 0.3 is 0 Å². The van der Waals surface area contributed by atoms with E-state index >= 15 is 0 Å². The number of amides is 1. The monoisotopic (exact) mass is 466 g/mol. The van der Waals surface area contributed by atoms with Gasteiger partial charge < -0.3 is 10.1 Å². The van der Waals surface area contributed by atoms with Crippen LogP contribution in [0.1, 0.15) is 5.56 Å². The van der Waals surface area contributed by atoms with Crippen molar-refractivity contribution in [1.29, 1.82) is 5.26 Å². The molecule has 5 rings (SSSR count). The first-order chi connectivity index (χ1) is 16.7. The SMILES string of the molecule is COc1ccc(-c2nc3ccccc3c3nnc(SCC(=O)Nc4cccc(C#N)c4)n23)cc1. The maximum absolute atomic E-state index is 12.6. The third-order valence-corrected chi connectivity index (χ3v) is 6.10. The highest BCUT2D eigenvalue weighted by atomic mass is 32.2. The number of nitrogens with zero attached hydrogens (tertiary/aromatic N) is 5. The summed E-state index contributed by atoms with van der Waals surface area (Å²) in [7, 11) is 1.62. The van der Waals surface area contributed by atoms with Crippen LogP contribution in [0.4, 0.5) is 5.69 Å². The first kappa shape index (κ1) is 21.4. The van der Waals surface area contributed by atoms with E-state index in [0.29, 0.717) is 27.9 Å². The van der Waals surface area contributed by atoms with Crippen molar-refractivity contribution in [3.05, 3.63) is 78.4 Å². The molecule has 0 bridgehead atoms. The molecule has 0 radical (unpaired) electrons. The third-order valence-electron chi connectivity index (χ3n) is 5.17. The van der Waals surface area contributed by atoms with Crippen molar-refractivity contribution >= 4 is 39.9 Å². The lowest BCUT2D eigenvalue weighted by atomic mass is 10.1. The average Bonchev–Trinajstić information content (AvgIpc) is 3.31. The number of nitriles is 1. The molecule has 0 saturated heterocycles. The summed E-state index contributed by atoms with van der Waals surface area (Å²) in [5, 5.41) is 22.1. The molecule has 9 heteroatoms. The van der Waals surface area contributed by atoms with Gasteiger partial charge in [0.2, 0.25) is 5.91 Å². The molecule has 0 aliphatic heterocycles. The minimum atomic E-state index is -0.211. The predicted octanol–water partition coefficient (Wildman–Crippen LogP) is 4.56. The highest BCUT2D eigenvalue weighted by Gasteiger charge is 2.18. The van der Waals surface area contributed by atoms with E-state index in [1.165, 1.54) is 11.8 Å². The van der Waals surface area contributed by atoms with Crippen molar-refractivity contribution in [1.82, 2.24) is 19.6 Å². The zero-order chi connectivity index (χ0) is 23.5. The third kappa shape index (κ3) is 4.14. The van der Waals surface area contributed by atoms with Crippen LogP contribution >= 0.6 is 11.8 Å². The second-order valence-electron chi connectivity index (χ2n) is 7.35. The number of anilines is 1. The van der Waals surface area contributed by atoms with Crippen LogP contribution in [-0.4, -0.2) is 38.4 Å². The van der Waals surface area contributed by atoms with Gasteiger partial charge in [-0.25, -0.2) is 4.98 Å². The lowest BCUT2D eigenvalue weighted by molar-refractivity contribution is -0.113. The van der Waals surface area contributed by atoms with Gasteiger partial charge in [-0.2, -0.15) is 5.26 Å². The Morgan fingerprint density at radius 3 is 2.71 bits per heavy atom. The number of carbonyl (C=O) groups excluding carboxylic acids is 1. The Morgan fingerprint density at radius 2 is 1.91 bits per heavy atom. The van der Waals surface area contributed by atoms with Gasteiger partial charge in [0.05, 0.1) is 30.0 Å². The Labute approximate surface area is 199 Å². The summed E-state index contributed by atoms with van der Waals surface area (Å²) in [5.74, 6) is 1.32. The highest BCUT2D eigenvalue weighted by molar-refractivity contribution is 7.99. The van der Waals surface area contributed by atoms with Crippen molar-refractivity contribution in [2.75, 3.05) is 18.2 Å². The molecule has 1 amide bonds. The molecular formula is C25H18N6O2S. The van der Waals surface area contributed by atoms with Gasteiger partial charge in [0.1, 0.15) is 11.6 Å². The average molecular weight is 467 g/mol. The van der Waals surface area contributed by atoms with Gasteiger partial charge in [-0.1, -0.05) is 30.0 Å². The number of methoxy groups -OCH3 is 1. The number of fused-ring (bicyclic) bond motifs is 3.